The highest BCUT2D eigenvalue weighted by Gasteiger charge is 2.34. The second kappa shape index (κ2) is 37.2. The third kappa shape index (κ3) is 20.1. The van der Waals surface area contributed by atoms with Crippen molar-refractivity contribution >= 4 is 68.3 Å². The molecule has 6 aromatic heterocycles. The Hall–Kier alpha value is -11.1. The number of aryl methyl sites for hydroxylation is 4. The van der Waals surface area contributed by atoms with Crippen LogP contribution in [0.2, 0.25) is 0 Å². The summed E-state index contributed by atoms with van der Waals surface area (Å²) in [7, 11) is 5.83. The van der Waals surface area contributed by atoms with E-state index >= 15 is 0 Å². The second-order valence-electron chi connectivity index (χ2n) is 28.9. The fourth-order valence-corrected chi connectivity index (χ4v) is 14.4. The maximum absolute atomic E-state index is 13.4. The monoisotopic (exact) mass is 1550 g/mol. The van der Waals surface area contributed by atoms with Gasteiger partial charge in [-0.25, -0.2) is 44.9 Å². The Morgan fingerprint density at radius 1 is 0.412 bits per heavy atom. The van der Waals surface area contributed by atoms with E-state index < -0.39 is 11.7 Å². The van der Waals surface area contributed by atoms with Gasteiger partial charge in [-0.1, -0.05) is 140 Å². The molecule has 1 N–H and O–H groups in total. The zero-order chi connectivity index (χ0) is 79.1. The third-order valence-corrected chi connectivity index (χ3v) is 20.6. The van der Waals surface area contributed by atoms with Crippen LogP contribution in [0.3, 0.4) is 0 Å². The molecule has 4 aliphatic heterocycles. The number of rotatable bonds is 25. The number of carbonyl (C=O) groups is 3. The highest BCUT2D eigenvalue weighted by Crippen LogP contribution is 2.35. The molecular formula is C86H93F3N16O9. The lowest BCUT2D eigenvalue weighted by Gasteiger charge is -2.28. The molecule has 16 rings (SSSR count). The van der Waals surface area contributed by atoms with Gasteiger partial charge in [-0.2, -0.15) is 13.2 Å². The van der Waals surface area contributed by atoms with E-state index in [0.29, 0.717) is 119 Å². The number of morpholine rings is 4. The number of anilines is 3. The van der Waals surface area contributed by atoms with Crippen molar-refractivity contribution in [3.8, 4) is 34.2 Å². The van der Waals surface area contributed by atoms with Gasteiger partial charge in [0.25, 0.3) is 0 Å². The van der Waals surface area contributed by atoms with Crippen LogP contribution in [0.1, 0.15) is 62.6 Å². The molecule has 6 aromatic carbocycles. The number of carbonyl (C=O) groups excluding carboxylic acids is 3. The summed E-state index contributed by atoms with van der Waals surface area (Å²) in [5.41, 5.74) is 13.8. The Balaban J connectivity index is 0.000000142. The van der Waals surface area contributed by atoms with Gasteiger partial charge in [-0.3, -0.25) is 19.3 Å². The number of benzene rings is 6. The van der Waals surface area contributed by atoms with Crippen molar-refractivity contribution in [2.45, 2.75) is 71.3 Å². The summed E-state index contributed by atoms with van der Waals surface area (Å²) < 4.78 is 73.8. The highest BCUT2D eigenvalue weighted by atomic mass is 19.4. The summed E-state index contributed by atoms with van der Waals surface area (Å²) >= 11 is 0. The van der Waals surface area contributed by atoms with Gasteiger partial charge < -0.3 is 57.2 Å². The van der Waals surface area contributed by atoms with Gasteiger partial charge in [-0.05, 0) is 62.6 Å². The van der Waals surface area contributed by atoms with E-state index in [1.165, 1.54) is 6.07 Å². The van der Waals surface area contributed by atoms with Crippen LogP contribution >= 0.6 is 0 Å². The molecule has 114 heavy (non-hydrogen) atoms. The Kier molecular flexibility index (Phi) is 26.0. The van der Waals surface area contributed by atoms with E-state index in [1.807, 2.05) is 144 Å². The fraction of sp³-hybridized carbons (Fsp3) is 0.372. The van der Waals surface area contributed by atoms with Gasteiger partial charge in [0, 0.05) is 135 Å². The number of halogens is 3. The van der Waals surface area contributed by atoms with Crippen molar-refractivity contribution in [3.63, 3.8) is 0 Å². The Morgan fingerprint density at radius 2 is 0.719 bits per heavy atom. The third-order valence-electron chi connectivity index (χ3n) is 20.6. The first-order chi connectivity index (χ1) is 55.4. The summed E-state index contributed by atoms with van der Waals surface area (Å²) in [5.74, 6) is 4.50. The number of aliphatic hydroxyl groups is 1. The molecule has 0 radical (unpaired) electrons. The molecule has 4 saturated heterocycles. The van der Waals surface area contributed by atoms with Crippen molar-refractivity contribution in [2.75, 3.05) is 133 Å². The van der Waals surface area contributed by atoms with Crippen LogP contribution in [-0.2, 0) is 124 Å². The van der Waals surface area contributed by atoms with Gasteiger partial charge in [-0.15, -0.1) is 0 Å². The molecule has 592 valence electrons. The Labute approximate surface area is 658 Å². The number of hydrogen-bond donors (Lipinski definition) is 1. The van der Waals surface area contributed by atoms with Crippen molar-refractivity contribution in [2.24, 2.45) is 21.1 Å². The van der Waals surface area contributed by atoms with Gasteiger partial charge in [0.1, 0.15) is 33.9 Å². The van der Waals surface area contributed by atoms with Gasteiger partial charge in [0.15, 0.2) is 51.9 Å². The fourth-order valence-electron chi connectivity index (χ4n) is 14.4. The maximum Gasteiger partial charge on any atom is 0.416 e. The molecule has 0 atom stereocenters. The quantitative estimate of drug-likeness (QED) is 0.0521. The minimum absolute atomic E-state index is 0.00546. The molecule has 0 aliphatic carbocycles. The molecule has 28 heteroatoms. The molecule has 0 amide bonds. The largest absolute Gasteiger partial charge is 0.416 e. The molecule has 25 nitrogen and oxygen atoms in total. The van der Waals surface area contributed by atoms with E-state index in [9.17, 15) is 27.6 Å². The van der Waals surface area contributed by atoms with E-state index in [0.717, 1.165) is 168 Å². The number of nitrogens with zero attached hydrogens (tertiary/aromatic N) is 16. The van der Waals surface area contributed by atoms with E-state index in [-0.39, 0.29) is 48.8 Å². The lowest BCUT2D eigenvalue weighted by atomic mass is 9.97. The zero-order valence-corrected chi connectivity index (χ0v) is 64.6. The first kappa shape index (κ1) is 79.5. The highest BCUT2D eigenvalue weighted by molar-refractivity contribution is 5.89. The van der Waals surface area contributed by atoms with Crippen LogP contribution < -0.4 is 14.7 Å². The molecule has 4 fully saturated rings. The number of ether oxygens (including phenoxy) is 5. The lowest BCUT2D eigenvalue weighted by Crippen LogP contribution is -2.38. The summed E-state index contributed by atoms with van der Waals surface area (Å²) in [4.78, 5) is 89.3. The lowest BCUT2D eigenvalue weighted by molar-refractivity contribution is -0.138. The van der Waals surface area contributed by atoms with Crippen molar-refractivity contribution in [1.82, 2.24) is 63.5 Å². The Bertz CT molecular complexity index is 5270. The van der Waals surface area contributed by atoms with E-state index in [1.54, 1.807) is 32.0 Å². The average molecular weight is 1550 g/mol. The average Bonchev–Trinajstić information content (AvgIpc) is 1.57. The number of imidazole rings is 3. The summed E-state index contributed by atoms with van der Waals surface area (Å²) in [6.07, 6.45) is 2.67. The number of fused-ring (bicyclic) bond motifs is 3. The molecule has 0 unspecified atom stereocenters. The first-order valence-electron chi connectivity index (χ1n) is 38.7. The minimum Gasteiger partial charge on any atom is -0.392 e. The minimum atomic E-state index is -4.44. The summed E-state index contributed by atoms with van der Waals surface area (Å²) in [6, 6.07) is 43.0. The van der Waals surface area contributed by atoms with Gasteiger partial charge in [0.05, 0.1) is 97.2 Å². The predicted molar refractivity (Wildman–Crippen MR) is 428 cm³/mol. The molecule has 4 aliphatic rings. The van der Waals surface area contributed by atoms with Crippen LogP contribution in [0, 0.1) is 0 Å². The number of hydrogen-bond acceptors (Lipinski definition) is 22. The second-order valence-corrected chi connectivity index (χ2v) is 28.9. The molecule has 0 bridgehead atoms. The topological polar surface area (TPSA) is 261 Å². The van der Waals surface area contributed by atoms with E-state index in [4.69, 9.17) is 53.7 Å². The van der Waals surface area contributed by atoms with Crippen LogP contribution in [0.25, 0.3) is 67.7 Å². The van der Waals surface area contributed by atoms with Crippen LogP contribution in [0.4, 0.5) is 30.6 Å². The number of aliphatic hydroxyl groups excluding tert-OH is 1. The number of ketones is 3. The number of aromatic nitrogens is 12. The predicted octanol–water partition coefficient (Wildman–Crippen LogP) is 10.6. The molecule has 10 heterocycles. The Morgan fingerprint density at radius 3 is 1.05 bits per heavy atom. The van der Waals surface area contributed by atoms with Crippen molar-refractivity contribution in [1.29, 1.82) is 0 Å². The van der Waals surface area contributed by atoms with E-state index in [2.05, 4.69) is 51.7 Å². The number of alkyl halides is 3. The molecule has 0 spiro atoms. The van der Waals surface area contributed by atoms with Crippen molar-refractivity contribution in [3.05, 3.63) is 214 Å². The summed E-state index contributed by atoms with van der Waals surface area (Å²) in [6.45, 7) is 16.0. The summed E-state index contributed by atoms with van der Waals surface area (Å²) in [5, 5.41) is 9.16. The maximum atomic E-state index is 13.4. The van der Waals surface area contributed by atoms with Crippen LogP contribution in [0.5, 0.6) is 0 Å². The smallest absolute Gasteiger partial charge is 0.392 e. The van der Waals surface area contributed by atoms with Crippen LogP contribution in [-0.4, -0.2) is 204 Å². The number of Topliss-reactive ketones (excluding diaryl/α,β-unsaturated/α-hetero) is 3. The van der Waals surface area contributed by atoms with Crippen molar-refractivity contribution < 1.29 is 56.3 Å². The normalized spacial score (nSPS) is 14.9. The van der Waals surface area contributed by atoms with Gasteiger partial charge in [0.2, 0.25) is 0 Å². The standard InChI is InChI=1S/C32H38N6O4.C28H28F3N5O2.C26H27N5O3/c1-36-23-33-31-29(36)32(38-13-18-41-19-14-38)35-30(34-31)27-8-6-25(7-9-27)21-28(39)20-24-2-4-26(5-3-24)22-42-17-12-37-10-15-40-16-11-37;1-3-20-7-6-19(16-23(20)28(29,30)31)15-22(37)14-18-4-8-21(9-5-18)25-33-26-24(35(2)17-32-26)27(34-25)36-10-12-38-13-11-36;1-30-17-27-25-23(30)26(31-10-12-34-13-11-31)29-24(28-25)21-8-6-19(7-9-21)15-22(33)14-18-2-4-20(16-32)5-3-18/h2-9,23H,10-22H2,1H3;4-9,16-17H,3,10-15H2,1-2H3;2-9,17,32H,10-16H2,1H3. The SMILES string of the molecule is CCc1ccc(CC(=O)Cc2ccc(-c3nc(N4CCOCC4)c4c(ncn4C)n3)cc2)cc1C(F)(F)F.Cn1cnc2nc(-c3ccc(CC(=O)Cc4ccc(CO)cc4)cc3)nc(N3CCOCC3)c21.Cn1cnc2nc(-c3ccc(CC(=O)Cc4ccc(COCCN5CCOCC5)cc4)cc3)nc(N3CCOCC3)c21. The molecule has 0 saturated carbocycles. The molecular weight excluding hydrogens is 1460 g/mol. The van der Waals surface area contributed by atoms with Crippen LogP contribution in [0.15, 0.2) is 159 Å². The first-order valence-corrected chi connectivity index (χ1v) is 38.7. The molecule has 12 aromatic rings. The van der Waals surface area contributed by atoms with Gasteiger partial charge >= 0.3 is 6.18 Å². The zero-order valence-electron chi connectivity index (χ0n) is 64.6.